The highest BCUT2D eigenvalue weighted by atomic mass is 16.5. The Morgan fingerprint density at radius 1 is 1.10 bits per heavy atom. The molecule has 0 aliphatic heterocycles. The van der Waals surface area contributed by atoms with Crippen molar-refractivity contribution in [2.45, 2.75) is 60.8 Å². The quantitative estimate of drug-likeness (QED) is 0.430. The summed E-state index contributed by atoms with van der Waals surface area (Å²) in [4.78, 5) is 14.2. The van der Waals surface area contributed by atoms with E-state index in [0.717, 1.165) is 24.3 Å². The number of hydrogen-bond donors (Lipinski definition) is 0. The monoisotopic (exact) mass is 421 g/mol. The Labute approximate surface area is 189 Å². The summed E-state index contributed by atoms with van der Waals surface area (Å²) < 4.78 is 6.18. The van der Waals surface area contributed by atoms with Crippen LogP contribution in [0.3, 0.4) is 0 Å². The molecule has 0 N–H and O–H groups in total. The average molecular weight is 422 g/mol. The van der Waals surface area contributed by atoms with Crippen LogP contribution in [0.1, 0.15) is 65.5 Å². The molecule has 0 fully saturated rings. The molecule has 31 heavy (non-hydrogen) atoms. The molecule has 3 nitrogen and oxygen atoms in total. The molecule has 1 amide bonds. The number of nitrogens with zero attached hydrogens (tertiary/aromatic N) is 1. The third-order valence-electron chi connectivity index (χ3n) is 5.68. The third-order valence-corrected chi connectivity index (χ3v) is 5.68. The summed E-state index contributed by atoms with van der Waals surface area (Å²) in [5.74, 6) is 1.58. The van der Waals surface area contributed by atoms with E-state index in [4.69, 9.17) is 4.74 Å². The highest BCUT2D eigenvalue weighted by Crippen LogP contribution is 2.32. The van der Waals surface area contributed by atoms with Crippen LogP contribution in [0.5, 0.6) is 5.75 Å². The van der Waals surface area contributed by atoms with Crippen LogP contribution in [-0.2, 0) is 11.2 Å². The minimum absolute atomic E-state index is 0.0132. The van der Waals surface area contributed by atoms with Gasteiger partial charge in [0.25, 0.3) is 0 Å². The summed E-state index contributed by atoms with van der Waals surface area (Å²) in [5, 5.41) is 0. The standard InChI is InChI=1S/C28H39NO2/c1-8-21(3)24(9-2)25-12-10-11-13-26(25)31-19-18-22-14-16-23(17-15-22)29(7)27(30)20-28(4,5)6/h9-17,21H,8,18-20H2,1-7H3/b24-9+. The lowest BCUT2D eigenvalue weighted by atomic mass is 9.91. The first kappa shape index (κ1) is 24.7. The number of rotatable bonds is 9. The second kappa shape index (κ2) is 11.2. The van der Waals surface area contributed by atoms with Gasteiger partial charge in [0.1, 0.15) is 5.75 Å². The molecule has 2 aromatic carbocycles. The molecule has 2 rings (SSSR count). The van der Waals surface area contributed by atoms with Gasteiger partial charge < -0.3 is 9.64 Å². The number of anilines is 1. The maximum Gasteiger partial charge on any atom is 0.227 e. The molecule has 0 saturated heterocycles. The number of allylic oxidation sites excluding steroid dienone is 2. The Balaban J connectivity index is 1.99. The van der Waals surface area contributed by atoms with Gasteiger partial charge in [0, 0.05) is 31.1 Å². The summed E-state index contributed by atoms with van der Waals surface area (Å²) in [7, 11) is 1.85. The van der Waals surface area contributed by atoms with Crippen molar-refractivity contribution in [2.75, 3.05) is 18.6 Å². The van der Waals surface area contributed by atoms with E-state index in [-0.39, 0.29) is 11.3 Å². The molecule has 2 aromatic rings. The van der Waals surface area contributed by atoms with Gasteiger partial charge in [-0.3, -0.25) is 4.79 Å². The molecule has 0 aliphatic carbocycles. The Hall–Kier alpha value is -2.55. The van der Waals surface area contributed by atoms with Crippen molar-refractivity contribution in [1.29, 1.82) is 0 Å². The van der Waals surface area contributed by atoms with Crippen LogP contribution >= 0.6 is 0 Å². The molecule has 0 bridgehead atoms. The number of para-hydroxylation sites is 1. The van der Waals surface area contributed by atoms with Crippen LogP contribution in [0.25, 0.3) is 5.57 Å². The molecule has 0 spiro atoms. The van der Waals surface area contributed by atoms with E-state index in [1.807, 2.05) is 25.2 Å². The maximum atomic E-state index is 12.5. The molecule has 0 aromatic heterocycles. The van der Waals surface area contributed by atoms with Gasteiger partial charge >= 0.3 is 0 Å². The largest absolute Gasteiger partial charge is 0.493 e. The predicted molar refractivity (Wildman–Crippen MR) is 133 cm³/mol. The van der Waals surface area contributed by atoms with E-state index in [0.29, 0.717) is 18.9 Å². The van der Waals surface area contributed by atoms with Crippen molar-refractivity contribution in [3.63, 3.8) is 0 Å². The number of amides is 1. The first-order valence-corrected chi connectivity index (χ1v) is 11.4. The molecule has 1 unspecified atom stereocenters. The molecule has 0 aliphatic rings. The second-order valence-corrected chi connectivity index (χ2v) is 9.50. The Morgan fingerprint density at radius 2 is 1.74 bits per heavy atom. The van der Waals surface area contributed by atoms with Crippen LogP contribution in [0.15, 0.2) is 54.6 Å². The molecule has 3 heteroatoms. The number of carbonyl (C=O) groups excluding carboxylic acids is 1. The van der Waals surface area contributed by atoms with Gasteiger partial charge in [0.2, 0.25) is 5.91 Å². The lowest BCUT2D eigenvalue weighted by molar-refractivity contribution is -0.120. The number of carbonyl (C=O) groups is 1. The average Bonchev–Trinajstić information content (AvgIpc) is 2.74. The summed E-state index contributed by atoms with van der Waals surface area (Å²) in [6.07, 6.45) is 4.66. The van der Waals surface area contributed by atoms with Crippen molar-refractivity contribution >= 4 is 17.2 Å². The van der Waals surface area contributed by atoms with E-state index in [9.17, 15) is 4.79 Å². The summed E-state index contributed by atoms with van der Waals surface area (Å²) in [6.45, 7) is 13.5. The first-order chi connectivity index (χ1) is 14.7. The highest BCUT2D eigenvalue weighted by Gasteiger charge is 2.19. The zero-order chi connectivity index (χ0) is 23.0. The van der Waals surface area contributed by atoms with Crippen molar-refractivity contribution in [2.24, 2.45) is 11.3 Å². The Bertz CT molecular complexity index is 875. The summed E-state index contributed by atoms with van der Waals surface area (Å²) in [5.41, 5.74) is 4.64. The van der Waals surface area contributed by atoms with Crippen LogP contribution in [0.2, 0.25) is 0 Å². The normalized spacial score (nSPS) is 13.1. The van der Waals surface area contributed by atoms with Gasteiger partial charge in [-0.05, 0) is 54.0 Å². The summed E-state index contributed by atoms with van der Waals surface area (Å²) in [6, 6.07) is 16.5. The lowest BCUT2D eigenvalue weighted by Crippen LogP contribution is -2.29. The minimum Gasteiger partial charge on any atom is -0.493 e. The van der Waals surface area contributed by atoms with E-state index < -0.39 is 0 Å². The van der Waals surface area contributed by atoms with Gasteiger partial charge in [-0.1, -0.05) is 71.0 Å². The fourth-order valence-corrected chi connectivity index (χ4v) is 3.64. The smallest absolute Gasteiger partial charge is 0.227 e. The van der Waals surface area contributed by atoms with Gasteiger partial charge in [-0.2, -0.15) is 0 Å². The molecule has 0 radical (unpaired) electrons. The fraction of sp³-hybridized carbons (Fsp3) is 0.464. The Morgan fingerprint density at radius 3 is 2.32 bits per heavy atom. The van der Waals surface area contributed by atoms with Crippen LogP contribution in [0.4, 0.5) is 5.69 Å². The van der Waals surface area contributed by atoms with Gasteiger partial charge in [-0.25, -0.2) is 0 Å². The fourth-order valence-electron chi connectivity index (χ4n) is 3.64. The molecule has 168 valence electrons. The van der Waals surface area contributed by atoms with E-state index >= 15 is 0 Å². The van der Waals surface area contributed by atoms with Crippen LogP contribution in [0, 0.1) is 11.3 Å². The lowest BCUT2D eigenvalue weighted by Gasteiger charge is -2.23. The van der Waals surface area contributed by atoms with Gasteiger partial charge in [0.15, 0.2) is 0 Å². The third kappa shape index (κ3) is 7.27. The summed E-state index contributed by atoms with van der Waals surface area (Å²) >= 11 is 0. The highest BCUT2D eigenvalue weighted by molar-refractivity contribution is 5.93. The van der Waals surface area contributed by atoms with Crippen molar-refractivity contribution < 1.29 is 9.53 Å². The SMILES string of the molecule is C/C=C(/c1ccccc1OCCc1ccc(N(C)C(=O)CC(C)(C)C)cc1)C(C)CC. The number of ether oxygens (including phenoxy) is 1. The van der Waals surface area contributed by atoms with Crippen molar-refractivity contribution in [3.05, 3.63) is 65.7 Å². The van der Waals surface area contributed by atoms with E-state index in [1.165, 1.54) is 16.7 Å². The van der Waals surface area contributed by atoms with Gasteiger partial charge in [-0.15, -0.1) is 0 Å². The topological polar surface area (TPSA) is 29.5 Å². The molecular formula is C28H39NO2. The molecular weight excluding hydrogens is 382 g/mol. The predicted octanol–water partition coefficient (Wildman–Crippen LogP) is 7.16. The molecule has 0 saturated carbocycles. The molecule has 1 atom stereocenters. The van der Waals surface area contributed by atoms with Crippen molar-refractivity contribution in [3.8, 4) is 5.75 Å². The first-order valence-electron chi connectivity index (χ1n) is 11.4. The van der Waals surface area contributed by atoms with Gasteiger partial charge in [0.05, 0.1) is 6.61 Å². The second-order valence-electron chi connectivity index (χ2n) is 9.50. The Kier molecular flexibility index (Phi) is 8.91. The van der Waals surface area contributed by atoms with E-state index in [2.05, 4.69) is 78.0 Å². The van der Waals surface area contributed by atoms with Crippen LogP contribution < -0.4 is 9.64 Å². The zero-order valence-corrected chi connectivity index (χ0v) is 20.4. The van der Waals surface area contributed by atoms with Crippen molar-refractivity contribution in [1.82, 2.24) is 0 Å². The number of hydrogen-bond acceptors (Lipinski definition) is 2. The van der Waals surface area contributed by atoms with Crippen LogP contribution in [-0.4, -0.2) is 19.6 Å². The van der Waals surface area contributed by atoms with E-state index in [1.54, 1.807) is 4.90 Å². The zero-order valence-electron chi connectivity index (χ0n) is 20.4. The minimum atomic E-state index is -0.0132. The number of benzene rings is 2. The molecule has 0 heterocycles. The maximum absolute atomic E-state index is 12.5.